The van der Waals surface area contributed by atoms with Crippen LogP contribution in [0.4, 0.5) is 0 Å². The van der Waals surface area contributed by atoms with Crippen LogP contribution in [-0.2, 0) is 10.0 Å². The zero-order valence-corrected chi connectivity index (χ0v) is 10.6. The lowest BCUT2D eigenvalue weighted by atomic mass is 10.4. The molecule has 0 N–H and O–H groups in total. The van der Waals surface area contributed by atoms with Gasteiger partial charge in [0.2, 0.25) is 10.0 Å². The van der Waals surface area contributed by atoms with Crippen molar-refractivity contribution < 1.29 is 8.42 Å². The van der Waals surface area contributed by atoms with Crippen LogP contribution in [0.2, 0.25) is 0 Å². The molecule has 5 heteroatoms. The van der Waals surface area contributed by atoms with Gasteiger partial charge < -0.3 is 4.90 Å². The molecule has 0 saturated carbocycles. The summed E-state index contributed by atoms with van der Waals surface area (Å²) >= 11 is 0. The van der Waals surface area contributed by atoms with Gasteiger partial charge in [-0.25, -0.2) is 12.7 Å². The number of nitrogens with zero attached hydrogens (tertiary/aromatic N) is 2. The van der Waals surface area contributed by atoms with Gasteiger partial charge in [0.25, 0.3) is 0 Å². The van der Waals surface area contributed by atoms with E-state index in [0.717, 1.165) is 19.5 Å². The van der Waals surface area contributed by atoms with Crippen LogP contribution < -0.4 is 0 Å². The Hall–Kier alpha value is -0.130. The van der Waals surface area contributed by atoms with Gasteiger partial charge in [-0.15, -0.1) is 0 Å². The number of rotatable bonds is 6. The molecule has 0 aromatic carbocycles. The highest BCUT2D eigenvalue weighted by molar-refractivity contribution is 7.89. The summed E-state index contributed by atoms with van der Waals surface area (Å²) in [5.74, 6) is 0.267. The van der Waals surface area contributed by atoms with Crippen LogP contribution in [0.3, 0.4) is 0 Å². The average Bonchev–Trinajstić information content (AvgIpc) is 2.68. The Kier molecular flexibility index (Phi) is 5.02. The van der Waals surface area contributed by atoms with Gasteiger partial charge in [-0.2, -0.15) is 0 Å². The van der Waals surface area contributed by atoms with Crippen LogP contribution in [-0.4, -0.2) is 56.6 Å². The Morgan fingerprint density at radius 3 is 2.40 bits per heavy atom. The van der Waals surface area contributed by atoms with Crippen molar-refractivity contribution in [3.8, 4) is 0 Å². The highest BCUT2D eigenvalue weighted by Crippen LogP contribution is 2.08. The van der Waals surface area contributed by atoms with Crippen molar-refractivity contribution >= 4 is 10.0 Å². The maximum Gasteiger partial charge on any atom is 0.215 e. The third kappa shape index (κ3) is 4.09. The predicted octanol–water partition coefficient (Wildman–Crippen LogP) is 0.754. The maximum atomic E-state index is 11.8. The maximum absolute atomic E-state index is 11.8. The number of likely N-dealkylation sites (tertiary alicyclic amines) is 1. The first-order valence-electron chi connectivity index (χ1n) is 5.72. The van der Waals surface area contributed by atoms with Gasteiger partial charge in [0, 0.05) is 20.1 Å². The number of hydrogen-bond acceptors (Lipinski definition) is 3. The van der Waals surface area contributed by atoms with Gasteiger partial charge in [-0.3, -0.25) is 0 Å². The summed E-state index contributed by atoms with van der Waals surface area (Å²) in [6.45, 7) is 5.44. The molecule has 90 valence electrons. The molecule has 1 heterocycles. The van der Waals surface area contributed by atoms with Crippen LogP contribution in [0.1, 0.15) is 26.2 Å². The molecule has 4 nitrogen and oxygen atoms in total. The average molecular weight is 234 g/mol. The van der Waals surface area contributed by atoms with E-state index in [1.54, 1.807) is 7.05 Å². The zero-order chi connectivity index (χ0) is 11.3. The van der Waals surface area contributed by atoms with Gasteiger partial charge in [0.05, 0.1) is 5.75 Å². The van der Waals surface area contributed by atoms with Crippen molar-refractivity contribution in [1.29, 1.82) is 0 Å². The minimum Gasteiger partial charge on any atom is -0.302 e. The highest BCUT2D eigenvalue weighted by atomic mass is 32.2. The molecule has 0 aliphatic carbocycles. The predicted molar refractivity (Wildman–Crippen MR) is 62.4 cm³/mol. The normalized spacial score (nSPS) is 18.9. The summed E-state index contributed by atoms with van der Waals surface area (Å²) in [6, 6.07) is 0. The zero-order valence-electron chi connectivity index (χ0n) is 9.78. The Bertz CT molecular complexity index is 271. The molecule has 0 bridgehead atoms. The summed E-state index contributed by atoms with van der Waals surface area (Å²) in [6.07, 6.45) is 3.30. The Morgan fingerprint density at radius 2 is 1.87 bits per heavy atom. The largest absolute Gasteiger partial charge is 0.302 e. The Morgan fingerprint density at radius 1 is 1.27 bits per heavy atom. The second-order valence-corrected chi connectivity index (χ2v) is 6.38. The van der Waals surface area contributed by atoms with Gasteiger partial charge in [0.15, 0.2) is 0 Å². The fraction of sp³-hybridized carbons (Fsp3) is 1.00. The van der Waals surface area contributed by atoms with Crippen molar-refractivity contribution in [2.24, 2.45) is 0 Å². The number of hydrogen-bond donors (Lipinski definition) is 0. The van der Waals surface area contributed by atoms with E-state index in [0.29, 0.717) is 13.1 Å². The third-order valence-electron chi connectivity index (χ3n) is 2.88. The van der Waals surface area contributed by atoms with E-state index in [1.165, 1.54) is 17.1 Å². The number of sulfonamides is 1. The molecule has 1 rings (SSSR count). The van der Waals surface area contributed by atoms with E-state index in [1.807, 2.05) is 6.92 Å². The summed E-state index contributed by atoms with van der Waals surface area (Å²) in [5, 5.41) is 0. The molecule has 0 radical (unpaired) electrons. The molecule has 0 aromatic rings. The lowest BCUT2D eigenvalue weighted by Crippen LogP contribution is -2.35. The van der Waals surface area contributed by atoms with E-state index in [4.69, 9.17) is 0 Å². The minimum absolute atomic E-state index is 0.267. The lowest BCUT2D eigenvalue weighted by molar-refractivity contribution is 0.355. The highest BCUT2D eigenvalue weighted by Gasteiger charge is 2.19. The van der Waals surface area contributed by atoms with E-state index in [9.17, 15) is 8.42 Å². The topological polar surface area (TPSA) is 40.6 Å². The van der Waals surface area contributed by atoms with Crippen LogP contribution >= 0.6 is 0 Å². The van der Waals surface area contributed by atoms with Crippen molar-refractivity contribution in [3.63, 3.8) is 0 Å². The Labute approximate surface area is 93.3 Å². The van der Waals surface area contributed by atoms with Gasteiger partial charge in [-0.05, 0) is 32.4 Å². The van der Waals surface area contributed by atoms with Crippen LogP contribution in [0.5, 0.6) is 0 Å². The fourth-order valence-corrected chi connectivity index (χ4v) is 3.12. The molecule has 1 saturated heterocycles. The summed E-state index contributed by atoms with van der Waals surface area (Å²) in [5.41, 5.74) is 0. The molecule has 15 heavy (non-hydrogen) atoms. The first-order valence-corrected chi connectivity index (χ1v) is 7.33. The van der Waals surface area contributed by atoms with Crippen molar-refractivity contribution in [2.75, 3.05) is 39.0 Å². The van der Waals surface area contributed by atoms with Crippen molar-refractivity contribution in [3.05, 3.63) is 0 Å². The SMILES string of the molecule is CCCN(C)S(=O)(=O)CCN1CCCC1. The van der Waals surface area contributed by atoms with Crippen LogP contribution in [0, 0.1) is 0 Å². The molecule has 1 aliphatic heterocycles. The second-order valence-electron chi connectivity index (χ2n) is 4.19. The second kappa shape index (κ2) is 5.82. The lowest BCUT2D eigenvalue weighted by Gasteiger charge is -2.19. The van der Waals surface area contributed by atoms with E-state index >= 15 is 0 Å². The quantitative estimate of drug-likeness (QED) is 0.681. The molecule has 1 aliphatic rings. The summed E-state index contributed by atoms with van der Waals surface area (Å²) in [4.78, 5) is 2.23. The van der Waals surface area contributed by atoms with E-state index < -0.39 is 10.0 Å². The van der Waals surface area contributed by atoms with Crippen LogP contribution in [0.15, 0.2) is 0 Å². The van der Waals surface area contributed by atoms with E-state index in [-0.39, 0.29) is 5.75 Å². The standard InChI is InChI=1S/C10H22N2O2S/c1-3-6-11(2)15(13,14)10-9-12-7-4-5-8-12/h3-10H2,1-2H3. The molecule has 0 amide bonds. The summed E-state index contributed by atoms with van der Waals surface area (Å²) in [7, 11) is -1.35. The molecule has 0 spiro atoms. The Balaban J connectivity index is 2.34. The third-order valence-corrected chi connectivity index (χ3v) is 4.71. The first-order chi connectivity index (χ1) is 7.06. The molecule has 0 aromatic heterocycles. The van der Waals surface area contributed by atoms with E-state index in [2.05, 4.69) is 4.90 Å². The first kappa shape index (κ1) is 12.9. The monoisotopic (exact) mass is 234 g/mol. The van der Waals surface area contributed by atoms with Crippen molar-refractivity contribution in [1.82, 2.24) is 9.21 Å². The molecular weight excluding hydrogens is 212 g/mol. The molecular formula is C10H22N2O2S. The van der Waals surface area contributed by atoms with Gasteiger partial charge in [-0.1, -0.05) is 6.92 Å². The molecule has 0 atom stereocenters. The molecule has 0 unspecified atom stereocenters. The molecule has 1 fully saturated rings. The fourth-order valence-electron chi connectivity index (χ4n) is 1.86. The van der Waals surface area contributed by atoms with Gasteiger partial charge in [0.1, 0.15) is 0 Å². The van der Waals surface area contributed by atoms with Crippen molar-refractivity contribution in [2.45, 2.75) is 26.2 Å². The van der Waals surface area contributed by atoms with Crippen LogP contribution in [0.25, 0.3) is 0 Å². The summed E-state index contributed by atoms with van der Waals surface area (Å²) < 4.78 is 25.0. The smallest absolute Gasteiger partial charge is 0.215 e. The minimum atomic E-state index is -3.02. The van der Waals surface area contributed by atoms with Gasteiger partial charge >= 0.3 is 0 Å².